The van der Waals surface area contributed by atoms with Crippen molar-refractivity contribution in [3.63, 3.8) is 0 Å². The summed E-state index contributed by atoms with van der Waals surface area (Å²) >= 11 is 11.6. The topological polar surface area (TPSA) is 21.3 Å². The second-order valence-corrected chi connectivity index (χ2v) is 5.66. The average molecular weight is 306 g/mol. The monoisotopic (exact) mass is 305 g/mol. The predicted octanol–water partition coefficient (Wildman–Crippen LogP) is 4.29. The SMILES string of the molecule is CCC[C@H](Oc1ccc(Cl)c(Cl)c1F)[C@H]1CCNC1. The molecule has 0 saturated carbocycles. The summed E-state index contributed by atoms with van der Waals surface area (Å²) in [6.45, 7) is 4.02. The smallest absolute Gasteiger partial charge is 0.185 e. The van der Waals surface area contributed by atoms with Crippen LogP contribution in [0.15, 0.2) is 12.1 Å². The Morgan fingerprint density at radius 3 is 2.89 bits per heavy atom. The summed E-state index contributed by atoms with van der Waals surface area (Å²) in [5, 5.41) is 3.45. The van der Waals surface area contributed by atoms with E-state index in [0.29, 0.717) is 5.92 Å². The maximum Gasteiger partial charge on any atom is 0.185 e. The first-order valence-corrected chi connectivity index (χ1v) is 7.40. The van der Waals surface area contributed by atoms with Crippen molar-refractivity contribution in [3.8, 4) is 5.75 Å². The highest BCUT2D eigenvalue weighted by molar-refractivity contribution is 6.42. The summed E-state index contributed by atoms with van der Waals surface area (Å²) in [6, 6.07) is 3.12. The Morgan fingerprint density at radius 1 is 1.47 bits per heavy atom. The molecule has 1 heterocycles. The number of benzene rings is 1. The van der Waals surface area contributed by atoms with Gasteiger partial charge in [0, 0.05) is 12.5 Å². The lowest BCUT2D eigenvalue weighted by molar-refractivity contribution is 0.127. The van der Waals surface area contributed by atoms with E-state index >= 15 is 0 Å². The fraction of sp³-hybridized carbons (Fsp3) is 0.571. The molecular weight excluding hydrogens is 288 g/mol. The van der Waals surface area contributed by atoms with Gasteiger partial charge in [0.25, 0.3) is 0 Å². The minimum atomic E-state index is -0.568. The molecule has 0 amide bonds. The van der Waals surface area contributed by atoms with Crippen molar-refractivity contribution < 1.29 is 9.13 Å². The van der Waals surface area contributed by atoms with Crippen LogP contribution in [0.4, 0.5) is 4.39 Å². The molecule has 1 aliphatic heterocycles. The van der Waals surface area contributed by atoms with Gasteiger partial charge >= 0.3 is 0 Å². The van der Waals surface area contributed by atoms with Crippen LogP contribution in [0.3, 0.4) is 0 Å². The quantitative estimate of drug-likeness (QED) is 0.819. The molecule has 1 fully saturated rings. The maximum absolute atomic E-state index is 14.0. The zero-order valence-corrected chi connectivity index (χ0v) is 12.4. The van der Waals surface area contributed by atoms with Crippen LogP contribution in [-0.4, -0.2) is 19.2 Å². The number of halogens is 3. The van der Waals surface area contributed by atoms with Gasteiger partial charge in [0.2, 0.25) is 0 Å². The molecule has 19 heavy (non-hydrogen) atoms. The lowest BCUT2D eigenvalue weighted by Gasteiger charge is -2.24. The van der Waals surface area contributed by atoms with Gasteiger partial charge in [-0.3, -0.25) is 0 Å². The Bertz CT molecular complexity index is 436. The predicted molar refractivity (Wildman–Crippen MR) is 76.7 cm³/mol. The minimum Gasteiger partial charge on any atom is -0.487 e. The summed E-state index contributed by atoms with van der Waals surface area (Å²) in [6.07, 6.45) is 3.00. The first-order valence-electron chi connectivity index (χ1n) is 6.64. The number of ether oxygens (including phenoxy) is 1. The molecule has 2 rings (SSSR count). The third-order valence-corrected chi connectivity index (χ3v) is 4.26. The fourth-order valence-corrected chi connectivity index (χ4v) is 2.73. The standard InChI is InChI=1S/C14H18Cl2FNO/c1-2-3-11(9-6-7-18-8-9)19-12-5-4-10(15)13(16)14(12)17/h4-5,9,11,18H,2-3,6-8H2,1H3/t9-,11-/m0/s1. The maximum atomic E-state index is 14.0. The second-order valence-electron chi connectivity index (χ2n) is 4.87. The van der Waals surface area contributed by atoms with Crippen molar-refractivity contribution >= 4 is 23.2 Å². The highest BCUT2D eigenvalue weighted by Crippen LogP contribution is 2.33. The number of nitrogens with one attached hydrogen (secondary N) is 1. The van der Waals surface area contributed by atoms with E-state index in [-0.39, 0.29) is 21.9 Å². The molecule has 5 heteroatoms. The van der Waals surface area contributed by atoms with Crippen LogP contribution in [0.5, 0.6) is 5.75 Å². The molecule has 0 radical (unpaired) electrons. The molecule has 0 unspecified atom stereocenters. The molecule has 1 aliphatic rings. The summed E-state index contributed by atoms with van der Waals surface area (Å²) in [4.78, 5) is 0. The molecule has 2 nitrogen and oxygen atoms in total. The van der Waals surface area contributed by atoms with E-state index in [0.717, 1.165) is 32.4 Å². The van der Waals surface area contributed by atoms with E-state index in [1.165, 1.54) is 0 Å². The Kier molecular flexibility index (Phi) is 5.31. The Labute approximate surface area is 123 Å². The van der Waals surface area contributed by atoms with Crippen molar-refractivity contribution in [2.75, 3.05) is 13.1 Å². The van der Waals surface area contributed by atoms with Crippen LogP contribution in [-0.2, 0) is 0 Å². The summed E-state index contributed by atoms with van der Waals surface area (Å²) < 4.78 is 19.8. The average Bonchev–Trinajstić information content (AvgIpc) is 2.92. The van der Waals surface area contributed by atoms with Gasteiger partial charge in [-0.1, -0.05) is 36.5 Å². The van der Waals surface area contributed by atoms with Gasteiger partial charge in [0.1, 0.15) is 6.10 Å². The lowest BCUT2D eigenvalue weighted by atomic mass is 9.97. The molecule has 1 N–H and O–H groups in total. The van der Waals surface area contributed by atoms with Crippen molar-refractivity contribution in [1.29, 1.82) is 0 Å². The molecule has 0 aliphatic carbocycles. The van der Waals surface area contributed by atoms with Crippen LogP contribution in [0.2, 0.25) is 10.0 Å². The molecule has 1 aromatic rings. The second kappa shape index (κ2) is 6.78. The van der Waals surface area contributed by atoms with Crippen molar-refractivity contribution in [3.05, 3.63) is 28.0 Å². The Morgan fingerprint density at radius 2 is 2.26 bits per heavy atom. The summed E-state index contributed by atoms with van der Waals surface area (Å²) in [7, 11) is 0. The third-order valence-electron chi connectivity index (χ3n) is 3.48. The summed E-state index contributed by atoms with van der Waals surface area (Å²) in [5.41, 5.74) is 0. The van der Waals surface area contributed by atoms with Crippen LogP contribution >= 0.6 is 23.2 Å². The molecular formula is C14H18Cl2FNO. The van der Waals surface area contributed by atoms with Crippen molar-refractivity contribution in [1.82, 2.24) is 5.32 Å². The molecule has 1 saturated heterocycles. The van der Waals surface area contributed by atoms with Gasteiger partial charge in [0.05, 0.1) is 10.0 Å². The Balaban J connectivity index is 2.14. The highest BCUT2D eigenvalue weighted by atomic mass is 35.5. The number of hydrogen-bond acceptors (Lipinski definition) is 2. The Hall–Kier alpha value is -0.510. The molecule has 2 atom stereocenters. The van der Waals surface area contributed by atoms with E-state index in [4.69, 9.17) is 27.9 Å². The van der Waals surface area contributed by atoms with Crippen molar-refractivity contribution in [2.24, 2.45) is 5.92 Å². The molecule has 0 aromatic heterocycles. The van der Waals surface area contributed by atoms with Crippen LogP contribution in [0, 0.1) is 11.7 Å². The van der Waals surface area contributed by atoms with Gasteiger partial charge in [-0.15, -0.1) is 0 Å². The minimum absolute atomic E-state index is 0.0201. The first-order chi connectivity index (χ1) is 9.13. The van der Waals surface area contributed by atoms with E-state index < -0.39 is 5.82 Å². The lowest BCUT2D eigenvalue weighted by Crippen LogP contribution is -2.29. The number of rotatable bonds is 5. The normalized spacial score (nSPS) is 20.5. The molecule has 1 aromatic carbocycles. The van der Waals surface area contributed by atoms with E-state index in [2.05, 4.69) is 12.2 Å². The van der Waals surface area contributed by atoms with Gasteiger partial charge in [-0.25, -0.2) is 4.39 Å². The van der Waals surface area contributed by atoms with Crippen molar-refractivity contribution in [2.45, 2.75) is 32.3 Å². The molecule has 106 valence electrons. The van der Waals surface area contributed by atoms with Crippen LogP contribution in [0.25, 0.3) is 0 Å². The van der Waals surface area contributed by atoms with E-state index in [1.807, 2.05) is 0 Å². The van der Waals surface area contributed by atoms with Gasteiger partial charge in [-0.05, 0) is 31.5 Å². The zero-order chi connectivity index (χ0) is 13.8. The van der Waals surface area contributed by atoms with Crippen LogP contribution < -0.4 is 10.1 Å². The fourth-order valence-electron chi connectivity index (χ4n) is 2.43. The van der Waals surface area contributed by atoms with Crippen LogP contribution in [0.1, 0.15) is 26.2 Å². The van der Waals surface area contributed by atoms with E-state index in [1.54, 1.807) is 12.1 Å². The first kappa shape index (κ1) is 14.9. The third kappa shape index (κ3) is 3.53. The van der Waals surface area contributed by atoms with Gasteiger partial charge in [0.15, 0.2) is 11.6 Å². The van der Waals surface area contributed by atoms with E-state index in [9.17, 15) is 4.39 Å². The zero-order valence-electron chi connectivity index (χ0n) is 10.9. The van der Waals surface area contributed by atoms with Gasteiger partial charge in [-0.2, -0.15) is 0 Å². The molecule has 0 spiro atoms. The summed E-state index contributed by atoms with van der Waals surface area (Å²) in [5.74, 6) is 0.0507. The largest absolute Gasteiger partial charge is 0.487 e. The number of hydrogen-bond donors (Lipinski definition) is 1. The van der Waals surface area contributed by atoms with Gasteiger partial charge < -0.3 is 10.1 Å². The highest BCUT2D eigenvalue weighted by Gasteiger charge is 2.27. The molecule has 0 bridgehead atoms.